The summed E-state index contributed by atoms with van der Waals surface area (Å²) < 4.78 is 9.85. The monoisotopic (exact) mass is 202 g/mol. The minimum absolute atomic E-state index is 0.224. The van der Waals surface area contributed by atoms with E-state index in [9.17, 15) is 0 Å². The number of hydrogen-bond donors (Lipinski definition) is 0. The standard InChI is InChI=1S/C8H11ClN2O2/c1-12-4-6-3-7(5-13-2)11-8(9)10-6/h3H,4-5H2,1-2H3. The first-order valence-corrected chi connectivity index (χ1v) is 4.14. The second-order valence-corrected chi connectivity index (χ2v) is 2.82. The fourth-order valence-corrected chi connectivity index (χ4v) is 1.18. The maximum atomic E-state index is 5.69. The van der Waals surface area contributed by atoms with Gasteiger partial charge in [-0.05, 0) is 17.7 Å². The fourth-order valence-electron chi connectivity index (χ4n) is 0.963. The van der Waals surface area contributed by atoms with Crippen LogP contribution in [0.25, 0.3) is 0 Å². The number of halogens is 1. The third kappa shape index (κ3) is 3.26. The van der Waals surface area contributed by atoms with Gasteiger partial charge in [0, 0.05) is 14.2 Å². The fraction of sp³-hybridized carbons (Fsp3) is 0.500. The van der Waals surface area contributed by atoms with Crippen LogP contribution in [-0.4, -0.2) is 24.2 Å². The summed E-state index contributed by atoms with van der Waals surface area (Å²) in [6, 6.07) is 1.80. The van der Waals surface area contributed by atoms with Gasteiger partial charge in [0.1, 0.15) is 0 Å². The zero-order valence-corrected chi connectivity index (χ0v) is 8.34. The van der Waals surface area contributed by atoms with Crippen LogP contribution in [0.15, 0.2) is 6.07 Å². The minimum atomic E-state index is 0.224. The highest BCUT2D eigenvalue weighted by atomic mass is 35.5. The summed E-state index contributed by atoms with van der Waals surface area (Å²) in [4.78, 5) is 7.96. The SMILES string of the molecule is COCc1cc(COC)nc(Cl)n1. The Hall–Kier alpha value is -0.710. The highest BCUT2D eigenvalue weighted by Crippen LogP contribution is 2.07. The number of hydrogen-bond acceptors (Lipinski definition) is 4. The molecule has 0 N–H and O–H groups in total. The molecule has 0 saturated carbocycles. The van der Waals surface area contributed by atoms with Gasteiger partial charge in [-0.25, -0.2) is 9.97 Å². The van der Waals surface area contributed by atoms with Crippen molar-refractivity contribution in [1.29, 1.82) is 0 Å². The molecule has 0 radical (unpaired) electrons. The lowest BCUT2D eigenvalue weighted by atomic mass is 10.3. The first kappa shape index (κ1) is 10.4. The highest BCUT2D eigenvalue weighted by molar-refractivity contribution is 6.28. The molecular formula is C8H11ClN2O2. The molecule has 0 aliphatic heterocycles. The second-order valence-electron chi connectivity index (χ2n) is 2.49. The smallest absolute Gasteiger partial charge is 0.222 e. The van der Waals surface area contributed by atoms with E-state index in [0.717, 1.165) is 11.4 Å². The largest absolute Gasteiger partial charge is 0.378 e. The number of methoxy groups -OCH3 is 2. The third-order valence-electron chi connectivity index (χ3n) is 1.39. The Balaban J connectivity index is 2.83. The van der Waals surface area contributed by atoms with Crippen LogP contribution in [-0.2, 0) is 22.7 Å². The molecule has 1 aromatic rings. The van der Waals surface area contributed by atoms with Crippen molar-refractivity contribution in [2.45, 2.75) is 13.2 Å². The molecule has 5 heteroatoms. The summed E-state index contributed by atoms with van der Waals surface area (Å²) in [5, 5.41) is 0.224. The molecule has 0 atom stereocenters. The molecule has 0 bridgehead atoms. The van der Waals surface area contributed by atoms with Crippen molar-refractivity contribution in [2.75, 3.05) is 14.2 Å². The van der Waals surface area contributed by atoms with Gasteiger partial charge in [-0.15, -0.1) is 0 Å². The van der Waals surface area contributed by atoms with Crippen LogP contribution in [0.5, 0.6) is 0 Å². The van der Waals surface area contributed by atoms with Crippen molar-refractivity contribution >= 4 is 11.6 Å². The highest BCUT2D eigenvalue weighted by Gasteiger charge is 2.02. The molecule has 0 fully saturated rings. The molecule has 0 amide bonds. The molecule has 0 aromatic carbocycles. The predicted octanol–water partition coefficient (Wildman–Crippen LogP) is 1.42. The van der Waals surface area contributed by atoms with Crippen molar-refractivity contribution in [3.63, 3.8) is 0 Å². The zero-order valence-electron chi connectivity index (χ0n) is 7.58. The Morgan fingerprint density at radius 3 is 2.00 bits per heavy atom. The van der Waals surface area contributed by atoms with E-state index in [1.54, 1.807) is 20.3 Å². The maximum Gasteiger partial charge on any atom is 0.222 e. The first-order valence-electron chi connectivity index (χ1n) is 3.76. The van der Waals surface area contributed by atoms with Gasteiger partial charge in [0.25, 0.3) is 0 Å². The lowest BCUT2D eigenvalue weighted by Crippen LogP contribution is -2.00. The Morgan fingerprint density at radius 1 is 1.15 bits per heavy atom. The molecule has 4 nitrogen and oxygen atoms in total. The van der Waals surface area contributed by atoms with E-state index in [-0.39, 0.29) is 5.28 Å². The van der Waals surface area contributed by atoms with Crippen molar-refractivity contribution < 1.29 is 9.47 Å². The van der Waals surface area contributed by atoms with Crippen molar-refractivity contribution in [1.82, 2.24) is 9.97 Å². The summed E-state index contributed by atoms with van der Waals surface area (Å²) in [6.07, 6.45) is 0. The molecule has 1 aromatic heterocycles. The molecule has 0 unspecified atom stereocenters. The molecular weight excluding hydrogens is 192 g/mol. The molecule has 0 saturated heterocycles. The molecule has 1 rings (SSSR count). The van der Waals surface area contributed by atoms with Gasteiger partial charge in [-0.3, -0.25) is 0 Å². The number of rotatable bonds is 4. The van der Waals surface area contributed by atoms with Gasteiger partial charge >= 0.3 is 0 Å². The maximum absolute atomic E-state index is 5.69. The number of ether oxygens (including phenoxy) is 2. The van der Waals surface area contributed by atoms with Gasteiger partial charge in [-0.2, -0.15) is 0 Å². The second kappa shape index (κ2) is 5.11. The average Bonchev–Trinajstić information content (AvgIpc) is 2.04. The van der Waals surface area contributed by atoms with Crippen LogP contribution in [0.1, 0.15) is 11.4 Å². The van der Waals surface area contributed by atoms with E-state index < -0.39 is 0 Å². The Bertz CT molecular complexity index is 257. The summed E-state index contributed by atoms with van der Waals surface area (Å²) in [7, 11) is 3.21. The van der Waals surface area contributed by atoms with Gasteiger partial charge in [0.2, 0.25) is 5.28 Å². The average molecular weight is 203 g/mol. The van der Waals surface area contributed by atoms with Crippen LogP contribution >= 0.6 is 11.6 Å². The van der Waals surface area contributed by atoms with E-state index >= 15 is 0 Å². The Morgan fingerprint density at radius 2 is 1.62 bits per heavy atom. The summed E-state index contributed by atoms with van der Waals surface area (Å²) >= 11 is 5.69. The van der Waals surface area contributed by atoms with Gasteiger partial charge < -0.3 is 9.47 Å². The quantitative estimate of drug-likeness (QED) is 0.693. The predicted molar refractivity (Wildman–Crippen MR) is 48.5 cm³/mol. The zero-order chi connectivity index (χ0) is 9.68. The van der Waals surface area contributed by atoms with Crippen molar-refractivity contribution in [3.05, 3.63) is 22.7 Å². The van der Waals surface area contributed by atoms with Gasteiger partial charge in [-0.1, -0.05) is 0 Å². The van der Waals surface area contributed by atoms with E-state index in [1.807, 2.05) is 0 Å². The Kier molecular flexibility index (Phi) is 4.08. The Labute approximate surface area is 81.9 Å². The van der Waals surface area contributed by atoms with E-state index in [4.69, 9.17) is 21.1 Å². The minimum Gasteiger partial charge on any atom is -0.378 e. The lowest BCUT2D eigenvalue weighted by Gasteiger charge is -2.03. The van der Waals surface area contributed by atoms with Crippen LogP contribution in [0.4, 0.5) is 0 Å². The molecule has 72 valence electrons. The number of aromatic nitrogens is 2. The van der Waals surface area contributed by atoms with E-state index in [2.05, 4.69) is 9.97 Å². The summed E-state index contributed by atoms with van der Waals surface area (Å²) in [6.45, 7) is 0.859. The van der Waals surface area contributed by atoms with Crippen molar-refractivity contribution in [3.8, 4) is 0 Å². The van der Waals surface area contributed by atoms with Gasteiger partial charge in [0.15, 0.2) is 0 Å². The molecule has 13 heavy (non-hydrogen) atoms. The van der Waals surface area contributed by atoms with Crippen LogP contribution in [0, 0.1) is 0 Å². The van der Waals surface area contributed by atoms with E-state index in [0.29, 0.717) is 13.2 Å². The van der Waals surface area contributed by atoms with Crippen molar-refractivity contribution in [2.24, 2.45) is 0 Å². The summed E-state index contributed by atoms with van der Waals surface area (Å²) in [5.74, 6) is 0. The molecule has 0 aliphatic rings. The topological polar surface area (TPSA) is 44.2 Å². The third-order valence-corrected chi connectivity index (χ3v) is 1.56. The molecule has 1 heterocycles. The first-order chi connectivity index (χ1) is 6.26. The van der Waals surface area contributed by atoms with Crippen LogP contribution in [0.3, 0.4) is 0 Å². The molecule has 0 aliphatic carbocycles. The van der Waals surface area contributed by atoms with E-state index in [1.165, 1.54) is 0 Å². The summed E-state index contributed by atoms with van der Waals surface area (Å²) in [5.41, 5.74) is 1.52. The van der Waals surface area contributed by atoms with Crippen LogP contribution in [0.2, 0.25) is 5.28 Å². The number of nitrogens with zero attached hydrogens (tertiary/aromatic N) is 2. The van der Waals surface area contributed by atoms with Crippen LogP contribution < -0.4 is 0 Å². The lowest BCUT2D eigenvalue weighted by molar-refractivity contribution is 0.175. The normalized spacial score (nSPS) is 10.4. The van der Waals surface area contributed by atoms with Gasteiger partial charge in [0.05, 0.1) is 24.6 Å². The molecule has 0 spiro atoms.